The molecule has 1 saturated carbocycles. The summed E-state index contributed by atoms with van der Waals surface area (Å²) in [5.41, 5.74) is 1.32. The lowest BCUT2D eigenvalue weighted by Gasteiger charge is -2.14. The molecule has 1 aromatic rings. The second-order valence-corrected chi connectivity index (χ2v) is 7.04. The Kier molecular flexibility index (Phi) is 6.74. The van der Waals surface area contributed by atoms with Gasteiger partial charge in [0, 0.05) is 17.8 Å². The molecular weight excluding hydrogens is 266 g/mol. The maximum Gasteiger partial charge on any atom is 0.119 e. The number of hydrogen-bond acceptors (Lipinski definition) is 3. The topological polar surface area (TPSA) is 21.3 Å². The van der Waals surface area contributed by atoms with E-state index in [2.05, 4.69) is 49.1 Å². The standard InChI is InChI=1S/C17H27NOS/c1-3-10-19-16-7-5-6-14(11-16)13-18-15-8-9-17(12-15)20-4-2/h5-7,11,15,17-18H,3-4,8-10,12-13H2,1-2H3. The average Bonchev–Trinajstić information content (AvgIpc) is 2.92. The van der Waals surface area contributed by atoms with Crippen molar-refractivity contribution in [3.05, 3.63) is 29.8 Å². The summed E-state index contributed by atoms with van der Waals surface area (Å²) in [5, 5.41) is 4.57. The van der Waals surface area contributed by atoms with Crippen molar-refractivity contribution >= 4 is 11.8 Å². The molecule has 0 spiro atoms. The average molecular weight is 293 g/mol. The smallest absolute Gasteiger partial charge is 0.119 e. The first-order chi connectivity index (χ1) is 9.81. The maximum absolute atomic E-state index is 5.69. The number of rotatable bonds is 8. The summed E-state index contributed by atoms with van der Waals surface area (Å²) in [7, 11) is 0. The second-order valence-electron chi connectivity index (χ2n) is 5.46. The first-order valence-electron chi connectivity index (χ1n) is 7.88. The Hall–Kier alpha value is -0.670. The van der Waals surface area contributed by atoms with Crippen LogP contribution in [-0.2, 0) is 6.54 Å². The largest absolute Gasteiger partial charge is 0.494 e. The molecule has 1 aliphatic carbocycles. The van der Waals surface area contributed by atoms with Gasteiger partial charge in [-0.25, -0.2) is 0 Å². The molecule has 2 rings (SSSR count). The van der Waals surface area contributed by atoms with Gasteiger partial charge in [-0.2, -0.15) is 11.8 Å². The molecule has 3 heteroatoms. The zero-order valence-corrected chi connectivity index (χ0v) is 13.5. The molecule has 0 saturated heterocycles. The first-order valence-corrected chi connectivity index (χ1v) is 8.93. The van der Waals surface area contributed by atoms with Crippen LogP contribution in [0.25, 0.3) is 0 Å². The van der Waals surface area contributed by atoms with Gasteiger partial charge in [0.1, 0.15) is 5.75 Å². The van der Waals surface area contributed by atoms with Crippen LogP contribution in [0, 0.1) is 0 Å². The van der Waals surface area contributed by atoms with E-state index in [1.54, 1.807) is 0 Å². The van der Waals surface area contributed by atoms with Crippen LogP contribution in [0.5, 0.6) is 5.75 Å². The van der Waals surface area contributed by atoms with Gasteiger partial charge in [0.15, 0.2) is 0 Å². The van der Waals surface area contributed by atoms with E-state index in [1.807, 2.05) is 6.07 Å². The van der Waals surface area contributed by atoms with Crippen molar-refractivity contribution in [1.29, 1.82) is 0 Å². The van der Waals surface area contributed by atoms with Crippen molar-refractivity contribution in [3.63, 3.8) is 0 Å². The summed E-state index contributed by atoms with van der Waals surface area (Å²) in [6.45, 7) is 6.15. The van der Waals surface area contributed by atoms with Crippen LogP contribution in [0.2, 0.25) is 0 Å². The zero-order valence-electron chi connectivity index (χ0n) is 12.7. The SMILES string of the molecule is CCCOc1cccc(CNC2CCC(SCC)C2)c1. The van der Waals surface area contributed by atoms with E-state index >= 15 is 0 Å². The van der Waals surface area contributed by atoms with Crippen LogP contribution in [0.15, 0.2) is 24.3 Å². The Labute approximate surface area is 127 Å². The van der Waals surface area contributed by atoms with Gasteiger partial charge in [0.25, 0.3) is 0 Å². The Morgan fingerprint density at radius 1 is 1.30 bits per heavy atom. The highest BCUT2D eigenvalue weighted by molar-refractivity contribution is 7.99. The second kappa shape index (κ2) is 8.58. The van der Waals surface area contributed by atoms with Crippen molar-refractivity contribution in [2.45, 2.75) is 57.4 Å². The fraction of sp³-hybridized carbons (Fsp3) is 0.647. The molecule has 20 heavy (non-hydrogen) atoms. The van der Waals surface area contributed by atoms with Gasteiger partial charge in [-0.3, -0.25) is 0 Å². The molecule has 0 heterocycles. The predicted molar refractivity (Wildman–Crippen MR) is 88.6 cm³/mol. The van der Waals surface area contributed by atoms with E-state index in [-0.39, 0.29) is 0 Å². The van der Waals surface area contributed by atoms with Crippen LogP contribution in [0.1, 0.15) is 45.1 Å². The van der Waals surface area contributed by atoms with Gasteiger partial charge < -0.3 is 10.1 Å². The van der Waals surface area contributed by atoms with Gasteiger partial charge in [0.2, 0.25) is 0 Å². The minimum atomic E-state index is 0.694. The molecule has 2 nitrogen and oxygen atoms in total. The van der Waals surface area contributed by atoms with Gasteiger partial charge in [-0.05, 0) is 49.1 Å². The third-order valence-corrected chi connectivity index (χ3v) is 4.99. The lowest BCUT2D eigenvalue weighted by molar-refractivity contribution is 0.317. The highest BCUT2D eigenvalue weighted by Gasteiger charge is 2.23. The molecule has 0 aliphatic heterocycles. The molecule has 0 bridgehead atoms. The minimum absolute atomic E-state index is 0.694. The van der Waals surface area contributed by atoms with Crippen molar-refractivity contribution < 1.29 is 4.74 Å². The normalized spacial score (nSPS) is 22.1. The summed E-state index contributed by atoms with van der Waals surface area (Å²) >= 11 is 2.12. The van der Waals surface area contributed by atoms with E-state index < -0.39 is 0 Å². The van der Waals surface area contributed by atoms with Crippen LogP contribution < -0.4 is 10.1 Å². The lowest BCUT2D eigenvalue weighted by Crippen LogP contribution is -2.26. The molecule has 1 N–H and O–H groups in total. The number of nitrogens with one attached hydrogen (secondary N) is 1. The predicted octanol–water partition coefficient (Wildman–Crippen LogP) is 4.24. The third kappa shape index (κ3) is 5.02. The van der Waals surface area contributed by atoms with Crippen molar-refractivity contribution in [1.82, 2.24) is 5.32 Å². The molecule has 0 radical (unpaired) electrons. The van der Waals surface area contributed by atoms with E-state index in [0.717, 1.165) is 30.6 Å². The molecule has 1 aromatic carbocycles. The highest BCUT2D eigenvalue weighted by atomic mass is 32.2. The summed E-state index contributed by atoms with van der Waals surface area (Å²) in [6, 6.07) is 9.17. The number of hydrogen-bond donors (Lipinski definition) is 1. The molecule has 112 valence electrons. The Balaban J connectivity index is 1.76. The van der Waals surface area contributed by atoms with Crippen LogP contribution in [-0.4, -0.2) is 23.7 Å². The zero-order chi connectivity index (χ0) is 14.2. The number of ether oxygens (including phenoxy) is 1. The van der Waals surface area contributed by atoms with Gasteiger partial charge in [-0.15, -0.1) is 0 Å². The summed E-state index contributed by atoms with van der Waals surface area (Å²) in [4.78, 5) is 0. The fourth-order valence-corrected chi connectivity index (χ4v) is 3.88. The number of benzene rings is 1. The molecule has 1 aliphatic rings. The molecule has 2 atom stereocenters. The van der Waals surface area contributed by atoms with Crippen LogP contribution >= 0.6 is 11.8 Å². The summed E-state index contributed by atoms with van der Waals surface area (Å²) in [6.07, 6.45) is 5.07. The van der Waals surface area contributed by atoms with E-state index in [9.17, 15) is 0 Å². The molecular formula is C17H27NOS. The van der Waals surface area contributed by atoms with E-state index in [1.165, 1.54) is 30.6 Å². The number of thioether (sulfide) groups is 1. The maximum atomic E-state index is 5.69. The van der Waals surface area contributed by atoms with Crippen molar-refractivity contribution in [2.24, 2.45) is 0 Å². The Morgan fingerprint density at radius 2 is 2.20 bits per heavy atom. The first kappa shape index (κ1) is 15.7. The highest BCUT2D eigenvalue weighted by Crippen LogP contribution is 2.29. The van der Waals surface area contributed by atoms with Crippen molar-refractivity contribution in [3.8, 4) is 5.75 Å². The van der Waals surface area contributed by atoms with Gasteiger partial charge >= 0.3 is 0 Å². The lowest BCUT2D eigenvalue weighted by atomic mass is 10.2. The molecule has 0 aromatic heterocycles. The molecule has 0 amide bonds. The van der Waals surface area contributed by atoms with Gasteiger partial charge in [-0.1, -0.05) is 26.0 Å². The third-order valence-electron chi connectivity index (χ3n) is 3.75. The monoisotopic (exact) mass is 293 g/mol. The Bertz CT molecular complexity index is 396. The minimum Gasteiger partial charge on any atom is -0.494 e. The molecule has 1 fully saturated rings. The van der Waals surface area contributed by atoms with Crippen molar-refractivity contribution in [2.75, 3.05) is 12.4 Å². The Morgan fingerprint density at radius 3 is 3.00 bits per heavy atom. The van der Waals surface area contributed by atoms with Crippen LogP contribution in [0.4, 0.5) is 0 Å². The van der Waals surface area contributed by atoms with E-state index in [4.69, 9.17) is 4.74 Å². The molecule has 2 unspecified atom stereocenters. The van der Waals surface area contributed by atoms with E-state index in [0.29, 0.717) is 6.04 Å². The summed E-state index contributed by atoms with van der Waals surface area (Å²) in [5.74, 6) is 2.24. The van der Waals surface area contributed by atoms with Gasteiger partial charge in [0.05, 0.1) is 6.61 Å². The quantitative estimate of drug-likeness (QED) is 0.774. The fourth-order valence-electron chi connectivity index (χ4n) is 2.74. The summed E-state index contributed by atoms with van der Waals surface area (Å²) < 4.78 is 5.69. The van der Waals surface area contributed by atoms with Crippen LogP contribution in [0.3, 0.4) is 0 Å².